The van der Waals surface area contributed by atoms with Crippen molar-refractivity contribution in [2.45, 2.75) is 51.5 Å². The van der Waals surface area contributed by atoms with Crippen molar-refractivity contribution in [1.29, 1.82) is 0 Å². The molecule has 5 heteroatoms. The third kappa shape index (κ3) is 3.72. The number of rotatable bonds is 3. The normalized spacial score (nSPS) is 30.9. The van der Waals surface area contributed by atoms with E-state index in [9.17, 15) is 9.59 Å². The Morgan fingerprint density at radius 3 is 2.55 bits per heavy atom. The Kier molecular flexibility index (Phi) is 5.40. The largest absolute Gasteiger partial charge is 0.347 e. The third-order valence-electron chi connectivity index (χ3n) is 4.82. The van der Waals surface area contributed by atoms with Gasteiger partial charge in [-0.1, -0.05) is 13.3 Å². The molecule has 2 amide bonds. The van der Waals surface area contributed by atoms with Gasteiger partial charge in [-0.05, 0) is 38.0 Å². The highest BCUT2D eigenvalue weighted by Crippen LogP contribution is 2.28. The van der Waals surface area contributed by atoms with Gasteiger partial charge < -0.3 is 16.0 Å². The average molecular weight is 281 g/mol. The molecule has 20 heavy (non-hydrogen) atoms. The van der Waals surface area contributed by atoms with Crippen LogP contribution < -0.4 is 11.1 Å². The zero-order valence-electron chi connectivity index (χ0n) is 12.4. The van der Waals surface area contributed by atoms with E-state index in [0.29, 0.717) is 0 Å². The van der Waals surface area contributed by atoms with Crippen LogP contribution in [0.4, 0.5) is 0 Å². The summed E-state index contributed by atoms with van der Waals surface area (Å²) >= 11 is 0. The zero-order valence-corrected chi connectivity index (χ0v) is 12.4. The Morgan fingerprint density at radius 2 is 1.85 bits per heavy atom. The fourth-order valence-electron chi connectivity index (χ4n) is 3.32. The SMILES string of the molecule is CC1C(N)CCCC1C(=O)NCC(=O)N1CCCCC1. The van der Waals surface area contributed by atoms with Gasteiger partial charge in [-0.25, -0.2) is 0 Å². The van der Waals surface area contributed by atoms with E-state index < -0.39 is 0 Å². The lowest BCUT2D eigenvalue weighted by molar-refractivity contribution is -0.135. The van der Waals surface area contributed by atoms with Crippen molar-refractivity contribution in [2.75, 3.05) is 19.6 Å². The standard InChI is InChI=1S/C15H27N3O2/c1-11-12(6-5-7-13(11)16)15(20)17-10-14(19)18-8-3-2-4-9-18/h11-13H,2-10,16H2,1H3,(H,17,20). The quantitative estimate of drug-likeness (QED) is 0.806. The van der Waals surface area contributed by atoms with Gasteiger partial charge in [0.15, 0.2) is 0 Å². The number of piperidine rings is 1. The van der Waals surface area contributed by atoms with Crippen LogP contribution in [-0.4, -0.2) is 42.4 Å². The van der Waals surface area contributed by atoms with Crippen molar-refractivity contribution in [3.63, 3.8) is 0 Å². The van der Waals surface area contributed by atoms with Gasteiger partial charge in [0.2, 0.25) is 11.8 Å². The summed E-state index contributed by atoms with van der Waals surface area (Å²) in [5, 5.41) is 2.81. The Hall–Kier alpha value is -1.10. The monoisotopic (exact) mass is 281 g/mol. The number of nitrogens with zero attached hydrogens (tertiary/aromatic N) is 1. The molecule has 3 atom stereocenters. The van der Waals surface area contributed by atoms with Crippen molar-refractivity contribution in [3.05, 3.63) is 0 Å². The number of nitrogens with two attached hydrogens (primary N) is 1. The lowest BCUT2D eigenvalue weighted by Crippen LogP contribution is -2.47. The molecular weight excluding hydrogens is 254 g/mol. The summed E-state index contributed by atoms with van der Waals surface area (Å²) in [5.41, 5.74) is 6.02. The second-order valence-electron chi connectivity index (χ2n) is 6.22. The first kappa shape index (κ1) is 15.3. The van der Waals surface area contributed by atoms with Crippen LogP contribution in [0.1, 0.15) is 45.4 Å². The van der Waals surface area contributed by atoms with Gasteiger partial charge >= 0.3 is 0 Å². The molecule has 114 valence electrons. The predicted molar refractivity (Wildman–Crippen MR) is 77.9 cm³/mol. The van der Waals surface area contributed by atoms with Crippen molar-refractivity contribution in [3.8, 4) is 0 Å². The fourth-order valence-corrected chi connectivity index (χ4v) is 3.32. The molecule has 0 aromatic carbocycles. The summed E-state index contributed by atoms with van der Waals surface area (Å²) in [6, 6.07) is 0.109. The van der Waals surface area contributed by atoms with Gasteiger partial charge in [-0.2, -0.15) is 0 Å². The van der Waals surface area contributed by atoms with Crippen LogP contribution in [0.25, 0.3) is 0 Å². The molecule has 3 unspecified atom stereocenters. The summed E-state index contributed by atoms with van der Waals surface area (Å²) in [6.07, 6.45) is 6.25. The topological polar surface area (TPSA) is 75.4 Å². The number of carbonyl (C=O) groups excluding carboxylic acids is 2. The minimum atomic E-state index is -0.0343. The van der Waals surface area contributed by atoms with Gasteiger partial charge in [0.1, 0.15) is 0 Å². The smallest absolute Gasteiger partial charge is 0.241 e. The van der Waals surface area contributed by atoms with Crippen molar-refractivity contribution in [2.24, 2.45) is 17.6 Å². The number of likely N-dealkylation sites (tertiary alicyclic amines) is 1. The van der Waals surface area contributed by atoms with Gasteiger partial charge in [0, 0.05) is 25.0 Å². The molecule has 0 bridgehead atoms. The molecule has 1 saturated heterocycles. The van der Waals surface area contributed by atoms with E-state index in [0.717, 1.165) is 45.2 Å². The van der Waals surface area contributed by atoms with Gasteiger partial charge in [-0.15, -0.1) is 0 Å². The van der Waals surface area contributed by atoms with Crippen molar-refractivity contribution in [1.82, 2.24) is 10.2 Å². The Labute approximate surface area is 121 Å². The molecule has 0 aromatic rings. The van der Waals surface area contributed by atoms with Crippen LogP contribution in [0.2, 0.25) is 0 Å². The third-order valence-corrected chi connectivity index (χ3v) is 4.82. The molecule has 1 heterocycles. The fraction of sp³-hybridized carbons (Fsp3) is 0.867. The maximum atomic E-state index is 12.2. The van der Waals surface area contributed by atoms with E-state index in [1.807, 2.05) is 11.8 Å². The summed E-state index contributed by atoms with van der Waals surface area (Å²) in [7, 11) is 0. The maximum Gasteiger partial charge on any atom is 0.241 e. The summed E-state index contributed by atoms with van der Waals surface area (Å²) < 4.78 is 0. The maximum absolute atomic E-state index is 12.2. The molecule has 1 aliphatic carbocycles. The van der Waals surface area contributed by atoms with Crippen LogP contribution in [-0.2, 0) is 9.59 Å². The molecule has 0 aromatic heterocycles. The van der Waals surface area contributed by atoms with E-state index in [4.69, 9.17) is 5.73 Å². The van der Waals surface area contributed by atoms with Gasteiger partial charge in [0.25, 0.3) is 0 Å². The number of amides is 2. The average Bonchev–Trinajstić information content (AvgIpc) is 2.48. The van der Waals surface area contributed by atoms with Crippen LogP contribution in [0, 0.1) is 11.8 Å². The van der Waals surface area contributed by atoms with Crippen LogP contribution in [0.15, 0.2) is 0 Å². The number of carbonyl (C=O) groups is 2. The zero-order chi connectivity index (χ0) is 14.5. The van der Waals surface area contributed by atoms with Gasteiger partial charge in [0.05, 0.1) is 6.54 Å². The van der Waals surface area contributed by atoms with E-state index in [1.54, 1.807) is 0 Å². The lowest BCUT2D eigenvalue weighted by atomic mass is 9.77. The number of hydrogen-bond donors (Lipinski definition) is 2. The first-order chi connectivity index (χ1) is 9.59. The molecule has 2 fully saturated rings. The summed E-state index contributed by atoms with van der Waals surface area (Å²) in [5.74, 6) is 0.213. The van der Waals surface area contributed by atoms with E-state index in [1.165, 1.54) is 6.42 Å². The van der Waals surface area contributed by atoms with Crippen LogP contribution in [0.5, 0.6) is 0 Å². The first-order valence-electron chi connectivity index (χ1n) is 7.90. The van der Waals surface area contributed by atoms with E-state index in [-0.39, 0.29) is 36.2 Å². The number of nitrogens with one attached hydrogen (secondary N) is 1. The van der Waals surface area contributed by atoms with E-state index in [2.05, 4.69) is 5.32 Å². The van der Waals surface area contributed by atoms with Crippen molar-refractivity contribution >= 4 is 11.8 Å². The molecule has 0 spiro atoms. The predicted octanol–water partition coefficient (Wildman–Crippen LogP) is 0.879. The van der Waals surface area contributed by atoms with Crippen LogP contribution in [0.3, 0.4) is 0 Å². The molecule has 2 rings (SSSR count). The van der Waals surface area contributed by atoms with Crippen molar-refractivity contribution < 1.29 is 9.59 Å². The first-order valence-corrected chi connectivity index (χ1v) is 7.90. The summed E-state index contributed by atoms with van der Waals surface area (Å²) in [6.45, 7) is 3.84. The Morgan fingerprint density at radius 1 is 1.15 bits per heavy atom. The summed E-state index contributed by atoms with van der Waals surface area (Å²) in [4.78, 5) is 26.1. The molecule has 5 nitrogen and oxygen atoms in total. The molecule has 3 N–H and O–H groups in total. The Bertz CT molecular complexity index is 353. The highest BCUT2D eigenvalue weighted by molar-refractivity contribution is 5.86. The van der Waals surface area contributed by atoms with E-state index >= 15 is 0 Å². The molecule has 1 saturated carbocycles. The minimum absolute atomic E-state index is 0.00184. The van der Waals surface area contributed by atoms with Gasteiger partial charge in [-0.3, -0.25) is 9.59 Å². The second kappa shape index (κ2) is 7.07. The second-order valence-corrected chi connectivity index (χ2v) is 6.22. The van der Waals surface area contributed by atoms with Crippen LogP contribution >= 0.6 is 0 Å². The molecule has 1 aliphatic heterocycles. The highest BCUT2D eigenvalue weighted by atomic mass is 16.2. The minimum Gasteiger partial charge on any atom is -0.347 e. The molecule has 0 radical (unpaired) electrons. The highest BCUT2D eigenvalue weighted by Gasteiger charge is 2.32. The molecular formula is C15H27N3O2. The Balaban J connectivity index is 1.77. The lowest BCUT2D eigenvalue weighted by Gasteiger charge is -2.33. The number of hydrogen-bond acceptors (Lipinski definition) is 3. The molecule has 2 aliphatic rings.